The Morgan fingerprint density at radius 1 is 1.05 bits per heavy atom. The number of ether oxygens (including phenoxy) is 1. The average Bonchev–Trinajstić information content (AvgIpc) is 2.89. The minimum atomic E-state index is -4.44. The number of hydrogen-bond donors (Lipinski definition) is 1. The Kier molecular flexibility index (Phi) is 3.08. The Morgan fingerprint density at radius 2 is 1.81 bits per heavy atom. The Morgan fingerprint density at radius 3 is 2.52 bits per heavy atom. The van der Waals surface area contributed by atoms with Gasteiger partial charge in [-0.2, -0.15) is 18.3 Å². The fraction of sp³-hybridized carbons (Fsp3) is 0.133. The number of nitrogens with zero attached hydrogens (tertiary/aromatic N) is 1. The first kappa shape index (κ1) is 13.5. The summed E-state index contributed by atoms with van der Waals surface area (Å²) in [4.78, 5) is 0. The summed E-state index contributed by atoms with van der Waals surface area (Å²) in [5.41, 5.74) is 0.332. The van der Waals surface area contributed by atoms with Gasteiger partial charge in [-0.3, -0.25) is 5.10 Å². The molecule has 108 valence electrons. The lowest BCUT2D eigenvalue weighted by molar-refractivity contribution is -0.136. The van der Waals surface area contributed by atoms with Gasteiger partial charge in [0.1, 0.15) is 11.3 Å². The molecule has 2 aromatic carbocycles. The van der Waals surface area contributed by atoms with Gasteiger partial charge in [0.15, 0.2) is 0 Å². The summed E-state index contributed by atoms with van der Waals surface area (Å²) >= 11 is 0. The van der Waals surface area contributed by atoms with Gasteiger partial charge in [0.2, 0.25) is 0 Å². The molecule has 0 saturated heterocycles. The summed E-state index contributed by atoms with van der Waals surface area (Å²) in [6.45, 7) is 0. The van der Waals surface area contributed by atoms with Gasteiger partial charge in [-0.15, -0.1) is 0 Å². The Balaban J connectivity index is 2.27. The molecule has 0 amide bonds. The zero-order valence-corrected chi connectivity index (χ0v) is 11.0. The van der Waals surface area contributed by atoms with Crippen molar-refractivity contribution >= 4 is 10.9 Å². The standard InChI is InChI=1S/C15H11F3N2O/c1-21-12-8-3-2-5-9(12)13-10-6-4-7-11(15(16,17)18)14(10)20-19-13/h2-8H,1H3,(H,19,20). The number of halogens is 3. The average molecular weight is 292 g/mol. The highest BCUT2D eigenvalue weighted by Gasteiger charge is 2.34. The van der Waals surface area contributed by atoms with Crippen LogP contribution in [0.15, 0.2) is 42.5 Å². The Hall–Kier alpha value is -2.50. The molecule has 0 radical (unpaired) electrons. The van der Waals surface area contributed by atoms with E-state index in [4.69, 9.17) is 4.74 Å². The van der Waals surface area contributed by atoms with Crippen LogP contribution >= 0.6 is 0 Å². The molecular weight excluding hydrogens is 281 g/mol. The number of aromatic nitrogens is 2. The van der Waals surface area contributed by atoms with E-state index in [2.05, 4.69) is 10.2 Å². The number of alkyl halides is 3. The maximum Gasteiger partial charge on any atom is 0.418 e. The van der Waals surface area contributed by atoms with Crippen molar-refractivity contribution in [1.29, 1.82) is 0 Å². The van der Waals surface area contributed by atoms with Crippen LogP contribution in [0, 0.1) is 0 Å². The number of fused-ring (bicyclic) bond motifs is 1. The molecule has 0 spiro atoms. The van der Waals surface area contributed by atoms with E-state index in [-0.39, 0.29) is 5.52 Å². The van der Waals surface area contributed by atoms with Crippen LogP contribution in [0.3, 0.4) is 0 Å². The van der Waals surface area contributed by atoms with Crippen molar-refractivity contribution in [2.24, 2.45) is 0 Å². The van der Waals surface area contributed by atoms with Gasteiger partial charge in [-0.25, -0.2) is 0 Å². The van der Waals surface area contributed by atoms with Gasteiger partial charge < -0.3 is 4.74 Å². The molecular formula is C15H11F3N2O. The molecule has 21 heavy (non-hydrogen) atoms. The molecule has 1 N–H and O–H groups in total. The summed E-state index contributed by atoms with van der Waals surface area (Å²) in [6, 6.07) is 11.1. The summed E-state index contributed by atoms with van der Waals surface area (Å²) in [7, 11) is 1.51. The van der Waals surface area contributed by atoms with Crippen LogP contribution < -0.4 is 4.74 Å². The molecule has 6 heteroatoms. The predicted octanol–water partition coefficient (Wildman–Crippen LogP) is 4.26. The third-order valence-electron chi connectivity index (χ3n) is 3.27. The normalized spacial score (nSPS) is 11.8. The van der Waals surface area contributed by atoms with Crippen LogP contribution in [0.2, 0.25) is 0 Å². The third-order valence-corrected chi connectivity index (χ3v) is 3.27. The third kappa shape index (κ3) is 2.22. The molecule has 0 atom stereocenters. The van der Waals surface area contributed by atoms with Crippen molar-refractivity contribution in [2.75, 3.05) is 7.11 Å². The topological polar surface area (TPSA) is 37.9 Å². The molecule has 3 rings (SSSR count). The van der Waals surface area contributed by atoms with Crippen molar-refractivity contribution < 1.29 is 17.9 Å². The van der Waals surface area contributed by atoms with Gasteiger partial charge in [0.25, 0.3) is 0 Å². The van der Waals surface area contributed by atoms with Gasteiger partial charge in [0.05, 0.1) is 18.4 Å². The highest BCUT2D eigenvalue weighted by molar-refractivity contribution is 5.96. The molecule has 0 bridgehead atoms. The maximum absolute atomic E-state index is 13.0. The zero-order chi connectivity index (χ0) is 15.0. The van der Waals surface area contributed by atoms with Crippen molar-refractivity contribution in [3.05, 3.63) is 48.0 Å². The van der Waals surface area contributed by atoms with E-state index < -0.39 is 11.7 Å². The Bertz CT molecular complexity index is 793. The van der Waals surface area contributed by atoms with Crippen LogP contribution in [-0.4, -0.2) is 17.3 Å². The van der Waals surface area contributed by atoms with Gasteiger partial charge in [0, 0.05) is 10.9 Å². The van der Waals surface area contributed by atoms with E-state index in [0.29, 0.717) is 22.4 Å². The first-order valence-electron chi connectivity index (χ1n) is 6.20. The Labute approximate surface area is 118 Å². The number of hydrogen-bond acceptors (Lipinski definition) is 2. The molecule has 0 unspecified atom stereocenters. The molecule has 1 heterocycles. The molecule has 0 aliphatic heterocycles. The predicted molar refractivity (Wildman–Crippen MR) is 73.1 cm³/mol. The van der Waals surface area contributed by atoms with E-state index in [1.807, 2.05) is 0 Å². The van der Waals surface area contributed by atoms with Crippen molar-refractivity contribution in [3.63, 3.8) is 0 Å². The maximum atomic E-state index is 13.0. The molecule has 0 aliphatic carbocycles. The molecule has 0 fully saturated rings. The SMILES string of the molecule is COc1ccccc1-c1[nH]nc2c(C(F)(F)F)cccc12. The number of benzene rings is 2. The second-order valence-electron chi connectivity index (χ2n) is 4.50. The highest BCUT2D eigenvalue weighted by atomic mass is 19.4. The molecule has 0 aliphatic rings. The smallest absolute Gasteiger partial charge is 0.418 e. The van der Waals surface area contributed by atoms with Crippen molar-refractivity contribution in [1.82, 2.24) is 10.2 Å². The largest absolute Gasteiger partial charge is 0.496 e. The minimum absolute atomic E-state index is 0.0918. The zero-order valence-electron chi connectivity index (χ0n) is 11.0. The number of para-hydroxylation sites is 2. The van der Waals surface area contributed by atoms with E-state index >= 15 is 0 Å². The quantitative estimate of drug-likeness (QED) is 0.766. The van der Waals surface area contributed by atoms with Crippen LogP contribution in [0.5, 0.6) is 5.75 Å². The van der Waals surface area contributed by atoms with Crippen LogP contribution in [0.25, 0.3) is 22.2 Å². The van der Waals surface area contributed by atoms with Crippen LogP contribution in [-0.2, 0) is 6.18 Å². The van der Waals surface area contributed by atoms with E-state index in [0.717, 1.165) is 6.07 Å². The van der Waals surface area contributed by atoms with Crippen molar-refractivity contribution in [3.8, 4) is 17.0 Å². The van der Waals surface area contributed by atoms with E-state index in [1.54, 1.807) is 30.3 Å². The van der Waals surface area contributed by atoms with Gasteiger partial charge >= 0.3 is 6.18 Å². The molecule has 0 saturated carbocycles. The fourth-order valence-electron chi connectivity index (χ4n) is 2.32. The van der Waals surface area contributed by atoms with Crippen LogP contribution in [0.4, 0.5) is 13.2 Å². The molecule has 1 aromatic heterocycles. The molecule has 3 aromatic rings. The van der Waals surface area contributed by atoms with Crippen LogP contribution in [0.1, 0.15) is 5.56 Å². The summed E-state index contributed by atoms with van der Waals surface area (Å²) < 4.78 is 44.2. The summed E-state index contributed by atoms with van der Waals surface area (Å²) in [5.74, 6) is 0.570. The number of H-pyrrole nitrogens is 1. The lowest BCUT2D eigenvalue weighted by Crippen LogP contribution is -2.05. The lowest BCUT2D eigenvalue weighted by Gasteiger charge is -2.08. The van der Waals surface area contributed by atoms with E-state index in [9.17, 15) is 13.2 Å². The monoisotopic (exact) mass is 292 g/mol. The van der Waals surface area contributed by atoms with Gasteiger partial charge in [-0.05, 0) is 18.2 Å². The van der Waals surface area contributed by atoms with E-state index in [1.165, 1.54) is 13.2 Å². The molecule has 3 nitrogen and oxygen atoms in total. The second-order valence-corrected chi connectivity index (χ2v) is 4.50. The van der Waals surface area contributed by atoms with Crippen molar-refractivity contribution in [2.45, 2.75) is 6.18 Å². The first-order chi connectivity index (χ1) is 10.0. The number of rotatable bonds is 2. The lowest BCUT2D eigenvalue weighted by atomic mass is 10.0. The summed E-state index contributed by atoms with van der Waals surface area (Å²) in [6.07, 6.45) is -4.44. The summed E-state index contributed by atoms with van der Waals surface area (Å²) in [5, 5.41) is 6.93. The minimum Gasteiger partial charge on any atom is -0.496 e. The second kappa shape index (κ2) is 4.80. The number of methoxy groups -OCH3 is 1. The van der Waals surface area contributed by atoms with Gasteiger partial charge in [-0.1, -0.05) is 24.3 Å². The highest BCUT2D eigenvalue weighted by Crippen LogP contribution is 2.38. The number of aromatic amines is 1. The fourth-order valence-corrected chi connectivity index (χ4v) is 2.32. The first-order valence-corrected chi connectivity index (χ1v) is 6.20. The number of nitrogens with one attached hydrogen (secondary N) is 1.